The first-order valence-corrected chi connectivity index (χ1v) is 5.81. The van der Waals surface area contributed by atoms with E-state index in [1.165, 1.54) is 7.11 Å². The lowest BCUT2D eigenvalue weighted by atomic mass is 9.98. The van der Waals surface area contributed by atoms with E-state index in [-0.39, 0.29) is 5.56 Å². The Kier molecular flexibility index (Phi) is 3.94. The van der Waals surface area contributed by atoms with Gasteiger partial charge in [-0.3, -0.25) is 4.79 Å². The summed E-state index contributed by atoms with van der Waals surface area (Å²) in [4.78, 5) is 14.0. The molecule has 2 rings (SSSR count). The number of aromatic nitrogens is 1. The van der Waals surface area contributed by atoms with Crippen LogP contribution in [0.2, 0.25) is 0 Å². The number of nitrogens with one attached hydrogen (secondary N) is 1. The number of hydrogen-bond donors (Lipinski definition) is 1. The maximum absolute atomic E-state index is 13.3. The molecule has 0 fully saturated rings. The van der Waals surface area contributed by atoms with E-state index in [1.54, 1.807) is 30.3 Å². The predicted molar refractivity (Wildman–Crippen MR) is 68.2 cm³/mol. The van der Waals surface area contributed by atoms with Crippen molar-refractivity contribution in [2.45, 2.75) is 12.8 Å². The van der Waals surface area contributed by atoms with Gasteiger partial charge in [0.15, 0.2) is 0 Å². The fourth-order valence-corrected chi connectivity index (χ4v) is 2.02. The summed E-state index contributed by atoms with van der Waals surface area (Å²) in [7, 11) is 1.24. The van der Waals surface area contributed by atoms with Crippen LogP contribution in [0.15, 0.2) is 41.3 Å². The molecule has 0 spiro atoms. The van der Waals surface area contributed by atoms with Gasteiger partial charge >= 0.3 is 6.18 Å². The lowest BCUT2D eigenvalue weighted by Crippen LogP contribution is -2.22. The SMILES string of the molecule is COCc1c(C(F)(F)F)c(-c2ccccc2)c[nH]c1=O. The van der Waals surface area contributed by atoms with E-state index in [4.69, 9.17) is 4.74 Å². The molecule has 0 amide bonds. The van der Waals surface area contributed by atoms with Crippen molar-refractivity contribution in [1.82, 2.24) is 4.98 Å². The standard InChI is InChI=1S/C14H12F3NO2/c1-20-8-11-12(14(15,16)17)10(7-18-13(11)19)9-5-3-2-4-6-9/h2-7H,8H2,1H3,(H,18,19). The van der Waals surface area contributed by atoms with Crippen LogP contribution in [0.25, 0.3) is 11.1 Å². The first-order chi connectivity index (χ1) is 9.45. The van der Waals surface area contributed by atoms with Gasteiger partial charge in [-0.1, -0.05) is 30.3 Å². The smallest absolute Gasteiger partial charge is 0.380 e. The number of ether oxygens (including phenoxy) is 1. The third-order valence-electron chi connectivity index (χ3n) is 2.85. The van der Waals surface area contributed by atoms with Gasteiger partial charge in [-0.2, -0.15) is 13.2 Å². The van der Waals surface area contributed by atoms with Crippen molar-refractivity contribution in [3.05, 3.63) is 58.0 Å². The number of halogens is 3. The van der Waals surface area contributed by atoms with Gasteiger partial charge in [0.05, 0.1) is 17.7 Å². The zero-order chi connectivity index (χ0) is 14.8. The summed E-state index contributed by atoms with van der Waals surface area (Å²) in [6.45, 7) is -0.398. The molecule has 0 aliphatic rings. The van der Waals surface area contributed by atoms with E-state index < -0.39 is 29.5 Å². The van der Waals surface area contributed by atoms with Gasteiger partial charge in [-0.25, -0.2) is 0 Å². The van der Waals surface area contributed by atoms with Gasteiger partial charge in [-0.05, 0) is 5.56 Å². The number of benzene rings is 1. The number of rotatable bonds is 3. The summed E-state index contributed by atoms with van der Waals surface area (Å²) in [5, 5.41) is 0. The summed E-state index contributed by atoms with van der Waals surface area (Å²) in [6.07, 6.45) is -3.55. The van der Waals surface area contributed by atoms with E-state index >= 15 is 0 Å². The minimum absolute atomic E-state index is 0.0650. The number of aromatic amines is 1. The average molecular weight is 283 g/mol. The van der Waals surface area contributed by atoms with Gasteiger partial charge in [0, 0.05) is 18.9 Å². The number of hydrogen-bond acceptors (Lipinski definition) is 2. The van der Waals surface area contributed by atoms with Crippen molar-refractivity contribution in [2.75, 3.05) is 7.11 Å². The zero-order valence-corrected chi connectivity index (χ0v) is 10.6. The van der Waals surface area contributed by atoms with Crippen LogP contribution in [-0.2, 0) is 17.5 Å². The third kappa shape index (κ3) is 2.75. The van der Waals surface area contributed by atoms with Crippen LogP contribution in [0, 0.1) is 0 Å². The maximum Gasteiger partial charge on any atom is 0.417 e. The molecule has 1 aromatic carbocycles. The first kappa shape index (κ1) is 14.3. The van der Waals surface area contributed by atoms with Crippen molar-refractivity contribution in [1.29, 1.82) is 0 Å². The van der Waals surface area contributed by atoms with Crippen LogP contribution in [-0.4, -0.2) is 12.1 Å². The molecule has 0 bridgehead atoms. The molecular formula is C14H12F3NO2. The Morgan fingerprint density at radius 1 is 1.20 bits per heavy atom. The van der Waals surface area contributed by atoms with E-state index in [2.05, 4.69) is 4.98 Å². The second-order valence-corrected chi connectivity index (χ2v) is 4.18. The van der Waals surface area contributed by atoms with Crippen molar-refractivity contribution in [2.24, 2.45) is 0 Å². The number of methoxy groups -OCH3 is 1. The Balaban J connectivity index is 2.76. The monoisotopic (exact) mass is 283 g/mol. The van der Waals surface area contributed by atoms with E-state index in [9.17, 15) is 18.0 Å². The van der Waals surface area contributed by atoms with Gasteiger partial charge in [0.25, 0.3) is 5.56 Å². The molecule has 0 saturated heterocycles. The van der Waals surface area contributed by atoms with Gasteiger partial charge in [0.2, 0.25) is 0 Å². The van der Waals surface area contributed by atoms with Crippen LogP contribution >= 0.6 is 0 Å². The van der Waals surface area contributed by atoms with Crippen LogP contribution in [0.5, 0.6) is 0 Å². The molecule has 1 heterocycles. The van der Waals surface area contributed by atoms with Gasteiger partial charge in [-0.15, -0.1) is 0 Å². The van der Waals surface area contributed by atoms with Crippen molar-refractivity contribution in [3.63, 3.8) is 0 Å². The number of H-pyrrole nitrogens is 1. The molecule has 1 aromatic heterocycles. The highest BCUT2D eigenvalue weighted by atomic mass is 19.4. The topological polar surface area (TPSA) is 42.1 Å². The number of alkyl halides is 3. The predicted octanol–water partition coefficient (Wildman–Crippen LogP) is 3.21. The molecule has 0 unspecified atom stereocenters. The third-order valence-corrected chi connectivity index (χ3v) is 2.85. The Bertz CT molecular complexity index is 648. The summed E-state index contributed by atoms with van der Waals surface area (Å²) >= 11 is 0. The molecule has 6 heteroatoms. The van der Waals surface area contributed by atoms with Gasteiger partial charge < -0.3 is 9.72 Å². The van der Waals surface area contributed by atoms with Crippen molar-refractivity contribution < 1.29 is 17.9 Å². The highest BCUT2D eigenvalue weighted by molar-refractivity contribution is 5.68. The molecule has 20 heavy (non-hydrogen) atoms. The fraction of sp³-hybridized carbons (Fsp3) is 0.214. The molecule has 2 aromatic rings. The molecule has 1 N–H and O–H groups in total. The lowest BCUT2D eigenvalue weighted by Gasteiger charge is -2.16. The van der Waals surface area contributed by atoms with Gasteiger partial charge in [0.1, 0.15) is 0 Å². The Morgan fingerprint density at radius 2 is 1.85 bits per heavy atom. The van der Waals surface area contributed by atoms with Crippen LogP contribution < -0.4 is 5.56 Å². The molecule has 0 atom stereocenters. The Hall–Kier alpha value is -2.08. The highest BCUT2D eigenvalue weighted by Crippen LogP contribution is 2.38. The second-order valence-electron chi connectivity index (χ2n) is 4.18. The molecule has 0 aliphatic heterocycles. The minimum atomic E-state index is -4.63. The normalized spacial score (nSPS) is 11.6. The molecule has 0 radical (unpaired) electrons. The molecule has 0 saturated carbocycles. The Morgan fingerprint density at radius 3 is 2.40 bits per heavy atom. The van der Waals surface area contributed by atoms with E-state index in [0.29, 0.717) is 5.56 Å². The first-order valence-electron chi connectivity index (χ1n) is 5.81. The maximum atomic E-state index is 13.3. The summed E-state index contributed by atoms with van der Waals surface area (Å²) in [5.74, 6) is 0. The second kappa shape index (κ2) is 5.50. The minimum Gasteiger partial charge on any atom is -0.380 e. The van der Waals surface area contributed by atoms with Crippen molar-refractivity contribution >= 4 is 0 Å². The quantitative estimate of drug-likeness (QED) is 0.939. The molecular weight excluding hydrogens is 271 g/mol. The molecule has 3 nitrogen and oxygen atoms in total. The summed E-state index contributed by atoms with van der Waals surface area (Å²) in [5.41, 5.74) is -1.84. The van der Waals surface area contributed by atoms with Crippen LogP contribution in [0.1, 0.15) is 11.1 Å². The fourth-order valence-electron chi connectivity index (χ4n) is 2.02. The molecule has 106 valence electrons. The zero-order valence-electron chi connectivity index (χ0n) is 10.6. The highest BCUT2D eigenvalue weighted by Gasteiger charge is 2.37. The molecule has 0 aliphatic carbocycles. The summed E-state index contributed by atoms with van der Waals surface area (Å²) in [6, 6.07) is 8.09. The van der Waals surface area contributed by atoms with Crippen LogP contribution in [0.4, 0.5) is 13.2 Å². The largest absolute Gasteiger partial charge is 0.417 e. The number of pyridine rings is 1. The lowest BCUT2D eigenvalue weighted by molar-refractivity contribution is -0.138. The van der Waals surface area contributed by atoms with E-state index in [1.807, 2.05) is 0 Å². The summed E-state index contributed by atoms with van der Waals surface area (Å²) < 4.78 is 44.6. The van der Waals surface area contributed by atoms with Crippen molar-refractivity contribution in [3.8, 4) is 11.1 Å². The van der Waals surface area contributed by atoms with Crippen LogP contribution in [0.3, 0.4) is 0 Å². The Labute approximate surface area is 113 Å². The van der Waals surface area contributed by atoms with E-state index in [0.717, 1.165) is 6.20 Å². The average Bonchev–Trinajstić information content (AvgIpc) is 2.41.